The van der Waals surface area contributed by atoms with Gasteiger partial charge >= 0.3 is 0 Å². The Hall–Kier alpha value is -7.63. The van der Waals surface area contributed by atoms with Crippen LogP contribution in [0.15, 0.2) is 194 Å². The van der Waals surface area contributed by atoms with Gasteiger partial charge in [-0.15, -0.1) is 0 Å². The summed E-state index contributed by atoms with van der Waals surface area (Å²) in [4.78, 5) is 15.0. The third-order valence-corrected chi connectivity index (χ3v) is 11.0. The Morgan fingerprint density at radius 1 is 0.298 bits per heavy atom. The molecule has 0 N–H and O–H groups in total. The van der Waals surface area contributed by atoms with Gasteiger partial charge in [0.05, 0.1) is 22.1 Å². The van der Waals surface area contributed by atoms with Crippen LogP contribution in [-0.4, -0.2) is 24.1 Å². The average molecular weight is 730 g/mol. The Bertz CT molecular complexity index is 3230. The molecule has 0 radical (unpaired) electrons. The highest BCUT2D eigenvalue weighted by Gasteiger charge is 2.18. The third-order valence-electron chi connectivity index (χ3n) is 11.0. The predicted molar refractivity (Wildman–Crippen MR) is 235 cm³/mol. The Balaban J connectivity index is 1.05. The van der Waals surface area contributed by atoms with Crippen molar-refractivity contribution >= 4 is 43.6 Å². The summed E-state index contributed by atoms with van der Waals surface area (Å²) in [5.74, 6) is 1.92. The van der Waals surface area contributed by atoms with Gasteiger partial charge < -0.3 is 9.13 Å². The van der Waals surface area contributed by atoms with Gasteiger partial charge in [0, 0.05) is 49.6 Å². The van der Waals surface area contributed by atoms with Gasteiger partial charge in [0.1, 0.15) is 0 Å². The van der Waals surface area contributed by atoms with Crippen molar-refractivity contribution in [3.05, 3.63) is 200 Å². The second-order valence-corrected chi connectivity index (χ2v) is 14.6. The average Bonchev–Trinajstić information content (AvgIpc) is 3.79. The largest absolute Gasteiger partial charge is 0.309 e. The summed E-state index contributed by atoms with van der Waals surface area (Å²) in [6.45, 7) is 2.14. The first-order valence-electron chi connectivity index (χ1n) is 19.3. The number of para-hydroxylation sites is 2. The van der Waals surface area contributed by atoms with Crippen LogP contribution in [0.3, 0.4) is 0 Å². The molecule has 57 heavy (non-hydrogen) atoms. The standard InChI is InChI=1S/C52H35N5/c1-34-23-27-40(28-24-34)56-46-21-10-8-19-42(46)44-29-25-38(33-49(44)56)37-26-30-48-45(32-37)43-20-9-11-22-47(43)57(48)41-18-12-17-39(31-41)52-54-50(35-13-4-2-5-14-35)53-51(55-52)36-15-6-3-7-16-36/h2-33H,1H3. The first-order chi connectivity index (χ1) is 28.2. The summed E-state index contributed by atoms with van der Waals surface area (Å²) in [6.07, 6.45) is 0. The molecule has 3 aromatic heterocycles. The van der Waals surface area contributed by atoms with Crippen LogP contribution in [-0.2, 0) is 0 Å². The molecule has 8 aromatic carbocycles. The Morgan fingerprint density at radius 3 is 1.46 bits per heavy atom. The molecule has 0 aliphatic carbocycles. The maximum atomic E-state index is 5.02. The topological polar surface area (TPSA) is 48.5 Å². The molecule has 11 rings (SSSR count). The van der Waals surface area contributed by atoms with Crippen molar-refractivity contribution < 1.29 is 0 Å². The van der Waals surface area contributed by atoms with E-state index in [2.05, 4.69) is 150 Å². The van der Waals surface area contributed by atoms with E-state index in [1.807, 2.05) is 60.7 Å². The van der Waals surface area contributed by atoms with Gasteiger partial charge in [0.15, 0.2) is 17.5 Å². The highest BCUT2D eigenvalue weighted by molar-refractivity contribution is 6.12. The maximum Gasteiger partial charge on any atom is 0.164 e. The zero-order valence-corrected chi connectivity index (χ0v) is 31.2. The van der Waals surface area contributed by atoms with E-state index in [-0.39, 0.29) is 0 Å². The molecule has 0 amide bonds. The van der Waals surface area contributed by atoms with E-state index in [1.165, 1.54) is 49.3 Å². The molecule has 268 valence electrons. The fraction of sp³-hybridized carbons (Fsp3) is 0.0192. The van der Waals surface area contributed by atoms with Crippen molar-refractivity contribution in [3.8, 4) is 56.7 Å². The molecule has 0 spiro atoms. The minimum atomic E-state index is 0.631. The number of nitrogens with zero attached hydrogens (tertiary/aromatic N) is 5. The Kier molecular flexibility index (Phi) is 7.64. The molecule has 0 saturated carbocycles. The van der Waals surface area contributed by atoms with Crippen LogP contribution >= 0.6 is 0 Å². The molecule has 5 nitrogen and oxygen atoms in total. The van der Waals surface area contributed by atoms with Crippen LogP contribution in [0.5, 0.6) is 0 Å². The first-order valence-corrected chi connectivity index (χ1v) is 19.3. The molecule has 0 bridgehead atoms. The van der Waals surface area contributed by atoms with Crippen molar-refractivity contribution in [2.45, 2.75) is 6.92 Å². The minimum Gasteiger partial charge on any atom is -0.309 e. The van der Waals surface area contributed by atoms with Crippen LogP contribution in [0.1, 0.15) is 5.56 Å². The van der Waals surface area contributed by atoms with Gasteiger partial charge in [0.25, 0.3) is 0 Å². The number of aryl methyl sites for hydroxylation is 1. The van der Waals surface area contributed by atoms with E-state index in [1.54, 1.807) is 0 Å². The van der Waals surface area contributed by atoms with E-state index >= 15 is 0 Å². The van der Waals surface area contributed by atoms with Crippen LogP contribution in [0.25, 0.3) is 100 Å². The summed E-state index contributed by atoms with van der Waals surface area (Å²) < 4.78 is 4.75. The molecular weight excluding hydrogens is 695 g/mol. The Morgan fingerprint density at radius 2 is 0.789 bits per heavy atom. The highest BCUT2D eigenvalue weighted by Crippen LogP contribution is 2.39. The quantitative estimate of drug-likeness (QED) is 0.171. The van der Waals surface area contributed by atoms with Crippen molar-refractivity contribution in [3.63, 3.8) is 0 Å². The van der Waals surface area contributed by atoms with E-state index in [0.29, 0.717) is 17.5 Å². The second-order valence-electron chi connectivity index (χ2n) is 14.6. The molecule has 0 fully saturated rings. The highest BCUT2D eigenvalue weighted by atomic mass is 15.0. The SMILES string of the molecule is Cc1ccc(-n2c3ccccc3c3ccc(-c4ccc5c(c4)c4ccccc4n5-c4cccc(-c5nc(-c6ccccc6)nc(-c6ccccc6)n5)c4)cc32)cc1. The summed E-state index contributed by atoms with van der Waals surface area (Å²) in [5, 5.41) is 4.90. The lowest BCUT2D eigenvalue weighted by molar-refractivity contribution is 1.07. The fourth-order valence-corrected chi connectivity index (χ4v) is 8.27. The van der Waals surface area contributed by atoms with Gasteiger partial charge in [-0.25, -0.2) is 15.0 Å². The summed E-state index contributed by atoms with van der Waals surface area (Å²) >= 11 is 0. The minimum absolute atomic E-state index is 0.631. The predicted octanol–water partition coefficient (Wildman–Crippen LogP) is 13.0. The number of fused-ring (bicyclic) bond motifs is 6. The van der Waals surface area contributed by atoms with E-state index < -0.39 is 0 Å². The molecule has 0 aliphatic rings. The molecule has 0 unspecified atom stereocenters. The smallest absolute Gasteiger partial charge is 0.164 e. The lowest BCUT2D eigenvalue weighted by Crippen LogP contribution is -2.01. The Labute approximate surface area is 329 Å². The molecular formula is C52H35N5. The third kappa shape index (κ3) is 5.59. The number of hydrogen-bond acceptors (Lipinski definition) is 3. The lowest BCUT2D eigenvalue weighted by Gasteiger charge is -2.12. The normalized spacial score (nSPS) is 11.6. The second kappa shape index (κ2) is 13.3. The summed E-state index contributed by atoms with van der Waals surface area (Å²) in [6, 6.07) is 68.7. The number of rotatable bonds is 6. The van der Waals surface area contributed by atoms with Crippen molar-refractivity contribution in [1.82, 2.24) is 24.1 Å². The zero-order valence-electron chi connectivity index (χ0n) is 31.2. The van der Waals surface area contributed by atoms with Crippen molar-refractivity contribution in [2.24, 2.45) is 0 Å². The molecule has 5 heteroatoms. The molecule has 0 atom stereocenters. The lowest BCUT2D eigenvalue weighted by atomic mass is 10.0. The summed E-state index contributed by atoms with van der Waals surface area (Å²) in [5.41, 5.74) is 13.3. The molecule has 11 aromatic rings. The van der Waals surface area contributed by atoms with E-state index in [9.17, 15) is 0 Å². The number of hydrogen-bond donors (Lipinski definition) is 0. The van der Waals surface area contributed by atoms with E-state index in [0.717, 1.165) is 39.1 Å². The van der Waals surface area contributed by atoms with Crippen LogP contribution < -0.4 is 0 Å². The van der Waals surface area contributed by atoms with E-state index in [4.69, 9.17) is 15.0 Å². The number of benzene rings is 8. The molecule has 0 aliphatic heterocycles. The van der Waals surface area contributed by atoms with Gasteiger partial charge in [-0.2, -0.15) is 0 Å². The van der Waals surface area contributed by atoms with Gasteiger partial charge in [-0.3, -0.25) is 0 Å². The van der Waals surface area contributed by atoms with Crippen molar-refractivity contribution in [1.29, 1.82) is 0 Å². The fourth-order valence-electron chi connectivity index (χ4n) is 8.27. The maximum absolute atomic E-state index is 5.02. The monoisotopic (exact) mass is 729 g/mol. The molecule has 3 heterocycles. The van der Waals surface area contributed by atoms with Crippen LogP contribution in [0.4, 0.5) is 0 Å². The number of aromatic nitrogens is 5. The molecule has 0 saturated heterocycles. The van der Waals surface area contributed by atoms with Crippen molar-refractivity contribution in [2.75, 3.05) is 0 Å². The van der Waals surface area contributed by atoms with Crippen LogP contribution in [0.2, 0.25) is 0 Å². The van der Waals surface area contributed by atoms with Crippen LogP contribution in [0, 0.1) is 6.92 Å². The first kappa shape index (κ1) is 32.8. The van der Waals surface area contributed by atoms with Gasteiger partial charge in [-0.1, -0.05) is 145 Å². The zero-order chi connectivity index (χ0) is 37.9. The van der Waals surface area contributed by atoms with Gasteiger partial charge in [0.2, 0.25) is 0 Å². The van der Waals surface area contributed by atoms with Gasteiger partial charge in [-0.05, 0) is 72.6 Å². The summed E-state index contributed by atoms with van der Waals surface area (Å²) in [7, 11) is 0.